The van der Waals surface area contributed by atoms with Crippen LogP contribution >= 0.6 is 0 Å². The zero-order valence-corrected chi connectivity index (χ0v) is 14.9. The van der Waals surface area contributed by atoms with Crippen molar-refractivity contribution in [1.82, 2.24) is 9.38 Å². The number of nitrogens with two attached hydrogens (primary N) is 1. The van der Waals surface area contributed by atoms with Crippen LogP contribution in [-0.2, 0) is 19.3 Å². The van der Waals surface area contributed by atoms with Crippen molar-refractivity contribution in [3.63, 3.8) is 0 Å². The van der Waals surface area contributed by atoms with Crippen molar-refractivity contribution in [2.45, 2.75) is 33.1 Å². The molecule has 0 spiro atoms. The molecule has 5 heteroatoms. The molecule has 0 bridgehead atoms. The molecule has 25 heavy (non-hydrogen) atoms. The highest BCUT2D eigenvalue weighted by Gasteiger charge is 2.07. The van der Waals surface area contributed by atoms with Gasteiger partial charge in [-0.15, -0.1) is 0 Å². The SMILES string of the molecule is CCc1cccc(CC)c1NC(N)=NCCc1cn2ccccc2n1. The molecule has 2 aromatic heterocycles. The minimum Gasteiger partial charge on any atom is -0.370 e. The molecule has 0 aliphatic carbocycles. The highest BCUT2D eigenvalue weighted by Crippen LogP contribution is 2.22. The predicted molar refractivity (Wildman–Crippen MR) is 104 cm³/mol. The molecule has 0 atom stereocenters. The van der Waals surface area contributed by atoms with Gasteiger partial charge in [0.15, 0.2) is 5.96 Å². The number of hydrogen-bond donors (Lipinski definition) is 2. The summed E-state index contributed by atoms with van der Waals surface area (Å²) in [5.74, 6) is 0.458. The van der Waals surface area contributed by atoms with Crippen molar-refractivity contribution in [3.8, 4) is 0 Å². The summed E-state index contributed by atoms with van der Waals surface area (Å²) in [4.78, 5) is 9.05. The number of rotatable bonds is 6. The monoisotopic (exact) mass is 335 g/mol. The van der Waals surface area contributed by atoms with Crippen LogP contribution in [0.3, 0.4) is 0 Å². The van der Waals surface area contributed by atoms with E-state index in [1.54, 1.807) is 0 Å². The third-order valence-electron chi connectivity index (χ3n) is 4.32. The number of benzene rings is 1. The van der Waals surface area contributed by atoms with Gasteiger partial charge in [-0.3, -0.25) is 4.99 Å². The second-order valence-electron chi connectivity index (χ2n) is 6.00. The van der Waals surface area contributed by atoms with Gasteiger partial charge in [0.05, 0.1) is 5.69 Å². The molecule has 3 aromatic rings. The van der Waals surface area contributed by atoms with Crippen molar-refractivity contribution in [1.29, 1.82) is 0 Å². The van der Waals surface area contributed by atoms with Crippen molar-refractivity contribution < 1.29 is 0 Å². The second kappa shape index (κ2) is 7.83. The van der Waals surface area contributed by atoms with E-state index in [0.717, 1.165) is 36.3 Å². The number of nitrogens with zero attached hydrogens (tertiary/aromatic N) is 3. The third kappa shape index (κ3) is 3.99. The molecule has 3 N–H and O–H groups in total. The maximum absolute atomic E-state index is 6.11. The largest absolute Gasteiger partial charge is 0.370 e. The van der Waals surface area contributed by atoms with Crippen LogP contribution < -0.4 is 11.1 Å². The molecule has 1 aromatic carbocycles. The fraction of sp³-hybridized carbons (Fsp3) is 0.300. The third-order valence-corrected chi connectivity index (χ3v) is 4.32. The van der Waals surface area contributed by atoms with E-state index in [1.807, 2.05) is 35.0 Å². The van der Waals surface area contributed by atoms with E-state index >= 15 is 0 Å². The smallest absolute Gasteiger partial charge is 0.193 e. The molecule has 0 amide bonds. The Morgan fingerprint density at radius 1 is 1.12 bits per heavy atom. The summed E-state index contributed by atoms with van der Waals surface area (Å²) < 4.78 is 2.02. The number of para-hydroxylation sites is 1. The fourth-order valence-corrected chi connectivity index (χ4v) is 2.97. The summed E-state index contributed by atoms with van der Waals surface area (Å²) >= 11 is 0. The Labute approximate surface area is 148 Å². The number of nitrogens with one attached hydrogen (secondary N) is 1. The summed E-state index contributed by atoms with van der Waals surface area (Å²) in [5.41, 5.74) is 11.7. The number of pyridine rings is 1. The minimum absolute atomic E-state index is 0.458. The molecule has 0 fully saturated rings. The first-order chi connectivity index (χ1) is 12.2. The van der Waals surface area contributed by atoms with Crippen molar-refractivity contribution in [2.24, 2.45) is 10.7 Å². The van der Waals surface area contributed by atoms with E-state index in [2.05, 4.69) is 47.3 Å². The molecule has 0 aliphatic heterocycles. The van der Waals surface area contributed by atoms with Gasteiger partial charge in [0.25, 0.3) is 0 Å². The molecule has 3 rings (SSSR count). The maximum atomic E-state index is 6.11. The molecule has 2 heterocycles. The molecule has 0 unspecified atom stereocenters. The Hall–Kier alpha value is -2.82. The summed E-state index contributed by atoms with van der Waals surface area (Å²) in [6.07, 6.45) is 6.73. The molecule has 0 saturated carbocycles. The normalized spacial score (nSPS) is 11.8. The van der Waals surface area contributed by atoms with Crippen molar-refractivity contribution in [2.75, 3.05) is 11.9 Å². The number of imidazole rings is 1. The zero-order chi connectivity index (χ0) is 17.6. The Morgan fingerprint density at radius 2 is 1.88 bits per heavy atom. The van der Waals surface area contributed by atoms with Gasteiger partial charge >= 0.3 is 0 Å². The maximum Gasteiger partial charge on any atom is 0.193 e. The van der Waals surface area contributed by atoms with Gasteiger partial charge in [0.1, 0.15) is 5.65 Å². The van der Waals surface area contributed by atoms with E-state index < -0.39 is 0 Å². The Kier molecular flexibility index (Phi) is 5.33. The van der Waals surface area contributed by atoms with Gasteiger partial charge in [-0.05, 0) is 36.1 Å². The lowest BCUT2D eigenvalue weighted by Crippen LogP contribution is -2.24. The minimum atomic E-state index is 0.458. The van der Waals surface area contributed by atoms with Crippen LogP contribution in [0.25, 0.3) is 5.65 Å². The first-order valence-corrected chi connectivity index (χ1v) is 8.81. The molecule has 0 radical (unpaired) electrons. The van der Waals surface area contributed by atoms with Gasteiger partial charge in [0, 0.05) is 31.0 Å². The van der Waals surface area contributed by atoms with Crippen LogP contribution in [0.4, 0.5) is 5.69 Å². The molecule has 0 saturated heterocycles. The summed E-state index contributed by atoms with van der Waals surface area (Å²) in [6, 6.07) is 12.3. The standard InChI is InChI=1S/C20H25N5/c1-3-15-8-7-9-16(4-2)19(15)24-20(21)22-12-11-17-14-25-13-6-5-10-18(25)23-17/h5-10,13-14H,3-4,11-12H2,1-2H3,(H3,21,22,24). The number of aliphatic imine (C=N–C) groups is 1. The van der Waals surface area contributed by atoms with Gasteiger partial charge in [-0.25, -0.2) is 4.98 Å². The van der Waals surface area contributed by atoms with Crippen LogP contribution in [0.5, 0.6) is 0 Å². The Bertz CT molecular complexity index is 823. The number of aryl methyl sites for hydroxylation is 2. The molecule has 130 valence electrons. The van der Waals surface area contributed by atoms with Gasteiger partial charge in [0.2, 0.25) is 0 Å². The zero-order valence-electron chi connectivity index (χ0n) is 14.9. The van der Waals surface area contributed by atoms with Gasteiger partial charge < -0.3 is 15.5 Å². The highest BCUT2D eigenvalue weighted by atomic mass is 15.1. The molecule has 5 nitrogen and oxygen atoms in total. The van der Waals surface area contributed by atoms with Crippen molar-refractivity contribution >= 4 is 17.3 Å². The lowest BCUT2D eigenvalue weighted by Gasteiger charge is -2.14. The predicted octanol–water partition coefficient (Wildman–Crippen LogP) is 3.43. The van der Waals surface area contributed by atoms with Crippen molar-refractivity contribution in [3.05, 3.63) is 65.6 Å². The van der Waals surface area contributed by atoms with E-state index in [0.29, 0.717) is 12.5 Å². The number of anilines is 1. The van der Waals surface area contributed by atoms with Crippen LogP contribution in [0.15, 0.2) is 53.8 Å². The van der Waals surface area contributed by atoms with E-state index in [9.17, 15) is 0 Å². The van der Waals surface area contributed by atoms with Crippen LogP contribution in [-0.4, -0.2) is 21.9 Å². The highest BCUT2D eigenvalue weighted by molar-refractivity contribution is 5.93. The average molecular weight is 335 g/mol. The number of fused-ring (bicyclic) bond motifs is 1. The molecular formula is C20H25N5. The van der Waals surface area contributed by atoms with Crippen LogP contribution in [0.1, 0.15) is 30.7 Å². The number of guanidine groups is 1. The van der Waals surface area contributed by atoms with Gasteiger partial charge in [-0.1, -0.05) is 38.1 Å². The second-order valence-corrected chi connectivity index (χ2v) is 6.00. The molecule has 0 aliphatic rings. The summed E-state index contributed by atoms with van der Waals surface area (Å²) in [5, 5.41) is 3.30. The fourth-order valence-electron chi connectivity index (χ4n) is 2.97. The van der Waals surface area contributed by atoms with E-state index in [1.165, 1.54) is 11.1 Å². The van der Waals surface area contributed by atoms with E-state index in [-0.39, 0.29) is 0 Å². The van der Waals surface area contributed by atoms with Gasteiger partial charge in [-0.2, -0.15) is 0 Å². The Morgan fingerprint density at radius 3 is 2.56 bits per heavy atom. The first kappa shape index (κ1) is 17.0. The van der Waals surface area contributed by atoms with E-state index in [4.69, 9.17) is 5.73 Å². The quantitative estimate of drug-likeness (QED) is 0.536. The average Bonchev–Trinajstić information content (AvgIpc) is 3.04. The number of hydrogen-bond acceptors (Lipinski definition) is 2. The Balaban J connectivity index is 1.66. The summed E-state index contributed by atoms with van der Waals surface area (Å²) in [7, 11) is 0. The lowest BCUT2D eigenvalue weighted by molar-refractivity contribution is 0.933. The topological polar surface area (TPSA) is 67.7 Å². The number of aromatic nitrogens is 2. The van der Waals surface area contributed by atoms with Crippen LogP contribution in [0.2, 0.25) is 0 Å². The lowest BCUT2D eigenvalue weighted by atomic mass is 10.0. The van der Waals surface area contributed by atoms with Crippen LogP contribution in [0, 0.1) is 0 Å². The summed E-state index contributed by atoms with van der Waals surface area (Å²) in [6.45, 7) is 4.91. The molecular weight excluding hydrogens is 310 g/mol. The first-order valence-electron chi connectivity index (χ1n) is 8.81.